The van der Waals surface area contributed by atoms with Crippen LogP contribution < -0.4 is 5.55 Å². The van der Waals surface area contributed by atoms with Crippen molar-refractivity contribution < 1.29 is 4.42 Å². The Morgan fingerprint density at radius 2 is 2.05 bits per heavy atom. The molecule has 1 aromatic carbocycles. The first-order valence-corrected chi connectivity index (χ1v) is 6.74. The first kappa shape index (κ1) is 13.7. The molecule has 19 heavy (non-hydrogen) atoms. The molecule has 0 aliphatic carbocycles. The molecule has 0 bridgehead atoms. The van der Waals surface area contributed by atoms with Crippen molar-refractivity contribution >= 4 is 10.9 Å². The molecule has 0 amide bonds. The average Bonchev–Trinajstić information content (AvgIpc) is 2.38. The van der Waals surface area contributed by atoms with Gasteiger partial charge in [-0.15, -0.1) is 0 Å². The number of rotatable bonds is 5. The highest BCUT2D eigenvalue weighted by Crippen LogP contribution is 2.08. The van der Waals surface area contributed by atoms with Gasteiger partial charge in [0.15, 0.2) is 0 Å². The van der Waals surface area contributed by atoms with Crippen LogP contribution in [-0.2, 0) is 6.54 Å². The maximum absolute atomic E-state index is 5.83. The van der Waals surface area contributed by atoms with Crippen molar-refractivity contribution in [2.24, 2.45) is 4.99 Å². The maximum Gasteiger partial charge on any atom is 0.225 e. The number of para-hydroxylation sites is 1. The number of aromatic nitrogens is 1. The van der Waals surface area contributed by atoms with Crippen molar-refractivity contribution in [2.45, 2.75) is 26.3 Å². The lowest BCUT2D eigenvalue weighted by molar-refractivity contribution is 0.321. The van der Waals surface area contributed by atoms with Gasteiger partial charge in [0.05, 0.1) is 17.4 Å². The highest BCUT2D eigenvalue weighted by atomic mass is 16.3. The van der Waals surface area contributed by atoms with Gasteiger partial charge in [-0.1, -0.05) is 25.5 Å². The van der Waals surface area contributed by atoms with Gasteiger partial charge >= 0.3 is 0 Å². The zero-order valence-corrected chi connectivity index (χ0v) is 11.9. The number of hydrogen-bond donors (Lipinski definition) is 0. The summed E-state index contributed by atoms with van der Waals surface area (Å²) in [5, 5.41) is 0.987. The van der Waals surface area contributed by atoms with Crippen LogP contribution in [0.5, 0.6) is 0 Å². The van der Waals surface area contributed by atoms with Crippen LogP contribution in [0.1, 0.15) is 25.7 Å². The molecule has 0 aliphatic heterocycles. The molecule has 102 valence electrons. The minimum absolute atomic E-state index is 0.682. The Morgan fingerprint density at radius 3 is 2.79 bits per heavy atom. The number of hydrogen-bond acceptors (Lipinski definition) is 4. The van der Waals surface area contributed by atoms with E-state index in [9.17, 15) is 0 Å². The normalized spacial score (nSPS) is 12.5. The first-order valence-electron chi connectivity index (χ1n) is 6.74. The lowest BCUT2D eigenvalue weighted by Gasteiger charge is -2.08. The van der Waals surface area contributed by atoms with Crippen molar-refractivity contribution in [3.05, 3.63) is 35.7 Å². The van der Waals surface area contributed by atoms with E-state index in [2.05, 4.69) is 16.9 Å². The van der Waals surface area contributed by atoms with Crippen LogP contribution in [0.25, 0.3) is 10.9 Å². The Balaban J connectivity index is 2.48. The Kier molecular flexibility index (Phi) is 4.68. The largest absolute Gasteiger partial charge is 0.423 e. The minimum atomic E-state index is 0.682. The first-order chi connectivity index (χ1) is 9.20. The molecule has 0 saturated heterocycles. The zero-order valence-electron chi connectivity index (χ0n) is 11.9. The van der Waals surface area contributed by atoms with Gasteiger partial charge in [-0.05, 0) is 32.6 Å². The van der Waals surface area contributed by atoms with Crippen LogP contribution >= 0.6 is 0 Å². The van der Waals surface area contributed by atoms with E-state index in [1.54, 1.807) is 0 Å². The summed E-state index contributed by atoms with van der Waals surface area (Å²) in [6.07, 6.45) is 2.21. The van der Waals surface area contributed by atoms with E-state index in [4.69, 9.17) is 4.42 Å². The molecule has 0 atom stereocenters. The number of benzene rings is 1. The molecule has 4 heteroatoms. The highest BCUT2D eigenvalue weighted by molar-refractivity contribution is 5.76. The standard InChI is InChI=1S/C15H21N3O/c1-4-5-10-16-15-12-8-6-7-9-13(12)17-14(19-15)11-18(2)3/h6-9H,4-5,10-11H2,1-3H3. The fraction of sp³-hybridized carbons (Fsp3) is 0.467. The number of nitrogens with zero attached hydrogens (tertiary/aromatic N) is 3. The van der Waals surface area contributed by atoms with Gasteiger partial charge in [0.25, 0.3) is 0 Å². The lowest BCUT2D eigenvalue weighted by atomic mass is 10.2. The van der Waals surface area contributed by atoms with E-state index in [0.717, 1.165) is 30.3 Å². The summed E-state index contributed by atoms with van der Waals surface area (Å²) in [6.45, 7) is 3.64. The van der Waals surface area contributed by atoms with Crippen molar-refractivity contribution in [3.63, 3.8) is 0 Å². The summed E-state index contributed by atoms with van der Waals surface area (Å²) >= 11 is 0. The van der Waals surface area contributed by atoms with Crippen LogP contribution in [0.15, 0.2) is 33.7 Å². The second-order valence-corrected chi connectivity index (χ2v) is 4.90. The molecule has 2 aromatic rings. The molecule has 0 spiro atoms. The van der Waals surface area contributed by atoms with Crippen LogP contribution in [-0.4, -0.2) is 30.5 Å². The molecule has 0 N–H and O–H groups in total. The van der Waals surface area contributed by atoms with Crippen molar-refractivity contribution in [1.29, 1.82) is 0 Å². The molecule has 2 rings (SSSR count). The summed E-state index contributed by atoms with van der Waals surface area (Å²) in [4.78, 5) is 11.1. The third-order valence-electron chi connectivity index (χ3n) is 2.81. The summed E-state index contributed by atoms with van der Waals surface area (Å²) in [5.74, 6) is 0.707. The van der Waals surface area contributed by atoms with Gasteiger partial charge < -0.3 is 9.32 Å². The van der Waals surface area contributed by atoms with Crippen molar-refractivity contribution in [1.82, 2.24) is 9.88 Å². The molecular weight excluding hydrogens is 238 g/mol. The summed E-state index contributed by atoms with van der Waals surface area (Å²) in [7, 11) is 4.00. The monoisotopic (exact) mass is 259 g/mol. The van der Waals surface area contributed by atoms with Crippen LogP contribution in [0.4, 0.5) is 0 Å². The van der Waals surface area contributed by atoms with Crippen LogP contribution in [0, 0.1) is 0 Å². The third kappa shape index (κ3) is 3.64. The lowest BCUT2D eigenvalue weighted by Crippen LogP contribution is -2.15. The predicted molar refractivity (Wildman–Crippen MR) is 76.7 cm³/mol. The van der Waals surface area contributed by atoms with E-state index in [1.165, 1.54) is 0 Å². The molecule has 0 fully saturated rings. The van der Waals surface area contributed by atoms with Crippen LogP contribution in [0.2, 0.25) is 0 Å². The average molecular weight is 259 g/mol. The molecule has 1 heterocycles. The van der Waals surface area contributed by atoms with Gasteiger partial charge in [-0.2, -0.15) is 0 Å². The van der Waals surface area contributed by atoms with Gasteiger partial charge in [-0.3, -0.25) is 4.99 Å². The summed E-state index contributed by atoms with van der Waals surface area (Å²) in [6, 6.07) is 7.99. The van der Waals surface area contributed by atoms with Crippen molar-refractivity contribution in [3.8, 4) is 0 Å². The molecule has 0 saturated carbocycles. The van der Waals surface area contributed by atoms with Gasteiger partial charge in [0.2, 0.25) is 11.4 Å². The second-order valence-electron chi connectivity index (χ2n) is 4.90. The molecule has 0 aliphatic rings. The predicted octanol–water partition coefficient (Wildman–Crippen LogP) is 2.59. The summed E-state index contributed by atoms with van der Waals surface area (Å²) in [5.41, 5.74) is 1.65. The Hall–Kier alpha value is -1.68. The van der Waals surface area contributed by atoms with Gasteiger partial charge in [0, 0.05) is 6.54 Å². The third-order valence-corrected chi connectivity index (χ3v) is 2.81. The second kappa shape index (κ2) is 6.48. The van der Waals surface area contributed by atoms with E-state index < -0.39 is 0 Å². The SMILES string of the molecule is CCCCN=c1oc(CN(C)C)nc2ccccc12. The van der Waals surface area contributed by atoms with E-state index in [-0.39, 0.29) is 0 Å². The Labute approximate surface area is 113 Å². The zero-order chi connectivity index (χ0) is 13.7. The molecule has 0 unspecified atom stereocenters. The smallest absolute Gasteiger partial charge is 0.225 e. The Bertz CT molecular complexity index is 602. The minimum Gasteiger partial charge on any atom is -0.423 e. The van der Waals surface area contributed by atoms with Crippen LogP contribution in [0.3, 0.4) is 0 Å². The molecule has 1 aromatic heterocycles. The fourth-order valence-electron chi connectivity index (χ4n) is 1.87. The van der Waals surface area contributed by atoms with E-state index in [0.29, 0.717) is 18.0 Å². The quantitative estimate of drug-likeness (QED) is 0.775. The molecule has 0 radical (unpaired) electrons. The van der Waals surface area contributed by atoms with E-state index >= 15 is 0 Å². The molecular formula is C15H21N3O. The van der Waals surface area contributed by atoms with Crippen molar-refractivity contribution in [2.75, 3.05) is 20.6 Å². The number of unbranched alkanes of at least 4 members (excludes halogenated alkanes) is 1. The fourth-order valence-corrected chi connectivity index (χ4v) is 1.87. The maximum atomic E-state index is 5.83. The van der Waals surface area contributed by atoms with Gasteiger partial charge in [-0.25, -0.2) is 4.98 Å². The topological polar surface area (TPSA) is 41.6 Å². The highest BCUT2D eigenvalue weighted by Gasteiger charge is 2.05. The Morgan fingerprint density at radius 1 is 1.26 bits per heavy atom. The molecule has 4 nitrogen and oxygen atoms in total. The summed E-state index contributed by atoms with van der Waals surface area (Å²) < 4.78 is 5.83. The number of fused-ring (bicyclic) bond motifs is 1. The van der Waals surface area contributed by atoms with Gasteiger partial charge in [0.1, 0.15) is 0 Å². The van der Waals surface area contributed by atoms with E-state index in [1.807, 2.05) is 43.3 Å².